The maximum atomic E-state index is 11.7. The molecule has 0 fully saturated rings. The summed E-state index contributed by atoms with van der Waals surface area (Å²) >= 11 is 5.90. The van der Waals surface area contributed by atoms with E-state index >= 15 is 0 Å². The van der Waals surface area contributed by atoms with Crippen molar-refractivity contribution in [2.75, 3.05) is 13.7 Å². The van der Waals surface area contributed by atoms with Crippen LogP contribution in [0.2, 0.25) is 5.02 Å². The number of carbonyl (C=O) groups is 1. The van der Waals surface area contributed by atoms with E-state index < -0.39 is 10.9 Å². The number of ether oxygens (including phenoxy) is 3. The Balaban J connectivity index is 1.85. The normalized spacial score (nSPS) is 10.1. The van der Waals surface area contributed by atoms with Crippen molar-refractivity contribution in [2.24, 2.45) is 0 Å². The molecule has 0 atom stereocenters. The third-order valence-corrected chi connectivity index (χ3v) is 3.27. The van der Waals surface area contributed by atoms with Crippen LogP contribution < -0.4 is 9.47 Å². The van der Waals surface area contributed by atoms with E-state index in [1.807, 2.05) is 0 Å². The molecule has 8 heteroatoms. The van der Waals surface area contributed by atoms with Crippen LogP contribution in [0.5, 0.6) is 11.5 Å². The van der Waals surface area contributed by atoms with Gasteiger partial charge in [-0.05, 0) is 30.3 Å². The van der Waals surface area contributed by atoms with Gasteiger partial charge in [-0.2, -0.15) is 0 Å². The van der Waals surface area contributed by atoms with Crippen LogP contribution >= 0.6 is 11.6 Å². The van der Waals surface area contributed by atoms with Crippen molar-refractivity contribution in [1.82, 2.24) is 0 Å². The summed E-state index contributed by atoms with van der Waals surface area (Å²) in [4.78, 5) is 21.7. The van der Waals surface area contributed by atoms with Crippen LogP contribution in [0.25, 0.3) is 0 Å². The second-order valence-electron chi connectivity index (χ2n) is 4.66. The Morgan fingerprint density at radius 1 is 1.21 bits per heavy atom. The van der Waals surface area contributed by atoms with Gasteiger partial charge in [0.2, 0.25) is 0 Å². The number of non-ortho nitro benzene ring substituents is 1. The molecule has 0 saturated heterocycles. The van der Waals surface area contributed by atoms with E-state index in [0.29, 0.717) is 22.1 Å². The summed E-state index contributed by atoms with van der Waals surface area (Å²) in [5, 5.41) is 11.0. The van der Waals surface area contributed by atoms with Gasteiger partial charge in [0.05, 0.1) is 12.0 Å². The molecule has 2 aromatic carbocycles. The van der Waals surface area contributed by atoms with Crippen molar-refractivity contribution in [3.05, 3.63) is 63.2 Å². The van der Waals surface area contributed by atoms with Gasteiger partial charge in [0.15, 0.2) is 6.61 Å². The van der Waals surface area contributed by atoms with E-state index in [2.05, 4.69) is 0 Å². The first-order valence-corrected chi connectivity index (χ1v) is 7.22. The van der Waals surface area contributed by atoms with E-state index in [-0.39, 0.29) is 18.9 Å². The summed E-state index contributed by atoms with van der Waals surface area (Å²) in [7, 11) is 1.51. The number of benzene rings is 2. The van der Waals surface area contributed by atoms with Crippen LogP contribution in [0.1, 0.15) is 5.56 Å². The molecule has 0 spiro atoms. The number of methoxy groups -OCH3 is 1. The largest absolute Gasteiger partial charge is 0.496 e. The average molecular weight is 352 g/mol. The third-order valence-electron chi connectivity index (χ3n) is 3.04. The SMILES string of the molecule is COc1ccc(Cl)cc1COC(=O)COc1ccc([N+](=O)[O-])cc1. The number of halogens is 1. The summed E-state index contributed by atoms with van der Waals surface area (Å²) in [6.45, 7) is -0.327. The lowest BCUT2D eigenvalue weighted by Crippen LogP contribution is -2.15. The molecular weight excluding hydrogens is 338 g/mol. The maximum Gasteiger partial charge on any atom is 0.344 e. The first-order valence-electron chi connectivity index (χ1n) is 6.85. The van der Waals surface area contributed by atoms with Crippen LogP contribution in [0.15, 0.2) is 42.5 Å². The monoisotopic (exact) mass is 351 g/mol. The van der Waals surface area contributed by atoms with Gasteiger partial charge in [-0.1, -0.05) is 11.6 Å². The molecule has 0 aliphatic heterocycles. The average Bonchev–Trinajstić information content (AvgIpc) is 2.58. The zero-order chi connectivity index (χ0) is 17.5. The van der Waals surface area contributed by atoms with Gasteiger partial charge in [0.1, 0.15) is 18.1 Å². The highest BCUT2D eigenvalue weighted by Gasteiger charge is 2.10. The Hall–Kier alpha value is -2.80. The molecule has 7 nitrogen and oxygen atoms in total. The van der Waals surface area contributed by atoms with E-state index in [4.69, 9.17) is 25.8 Å². The molecule has 0 aliphatic rings. The van der Waals surface area contributed by atoms with Crippen LogP contribution in [-0.2, 0) is 16.1 Å². The van der Waals surface area contributed by atoms with Crippen LogP contribution in [0, 0.1) is 10.1 Å². The van der Waals surface area contributed by atoms with Crippen molar-refractivity contribution in [3.63, 3.8) is 0 Å². The summed E-state index contributed by atoms with van der Waals surface area (Å²) in [6.07, 6.45) is 0. The van der Waals surface area contributed by atoms with E-state index in [1.54, 1.807) is 18.2 Å². The Morgan fingerprint density at radius 2 is 1.92 bits per heavy atom. The number of nitro benzene ring substituents is 1. The predicted octanol–water partition coefficient (Wildman–Crippen LogP) is 3.38. The fraction of sp³-hybridized carbons (Fsp3) is 0.188. The highest BCUT2D eigenvalue weighted by Crippen LogP contribution is 2.23. The zero-order valence-electron chi connectivity index (χ0n) is 12.7. The van der Waals surface area contributed by atoms with Gasteiger partial charge in [0.25, 0.3) is 5.69 Å². The quantitative estimate of drug-likeness (QED) is 0.431. The topological polar surface area (TPSA) is 87.9 Å². The molecule has 24 heavy (non-hydrogen) atoms. The standard InChI is InChI=1S/C16H14ClNO6/c1-22-15-7-2-12(17)8-11(15)9-24-16(19)10-23-14-5-3-13(4-6-14)18(20)21/h2-8H,9-10H2,1H3. The molecular formula is C16H14ClNO6. The van der Waals surface area contributed by atoms with E-state index in [1.165, 1.54) is 31.4 Å². The van der Waals surface area contributed by atoms with Gasteiger partial charge >= 0.3 is 5.97 Å². The Bertz CT molecular complexity index is 732. The summed E-state index contributed by atoms with van der Waals surface area (Å²) in [6, 6.07) is 10.4. The second kappa shape index (κ2) is 8.16. The molecule has 126 valence electrons. The van der Waals surface area contributed by atoms with Crippen LogP contribution in [0.4, 0.5) is 5.69 Å². The highest BCUT2D eigenvalue weighted by atomic mass is 35.5. The van der Waals surface area contributed by atoms with Crippen molar-refractivity contribution in [3.8, 4) is 11.5 Å². The fourth-order valence-electron chi connectivity index (χ4n) is 1.87. The minimum atomic E-state index is -0.588. The van der Waals surface area contributed by atoms with Gasteiger partial charge < -0.3 is 14.2 Å². The maximum absolute atomic E-state index is 11.7. The minimum absolute atomic E-state index is 0.00775. The lowest BCUT2D eigenvalue weighted by molar-refractivity contribution is -0.384. The minimum Gasteiger partial charge on any atom is -0.496 e. The molecule has 0 aliphatic carbocycles. The van der Waals surface area contributed by atoms with E-state index in [9.17, 15) is 14.9 Å². The fourth-order valence-corrected chi connectivity index (χ4v) is 2.06. The summed E-state index contributed by atoms with van der Waals surface area (Å²) < 4.78 is 15.5. The molecule has 2 aromatic rings. The second-order valence-corrected chi connectivity index (χ2v) is 5.09. The van der Waals surface area contributed by atoms with Gasteiger partial charge in [-0.3, -0.25) is 10.1 Å². The van der Waals surface area contributed by atoms with Gasteiger partial charge in [0, 0.05) is 22.7 Å². The molecule has 0 amide bonds. The number of rotatable bonds is 7. The van der Waals surface area contributed by atoms with E-state index in [0.717, 1.165) is 0 Å². The first-order chi connectivity index (χ1) is 11.5. The van der Waals surface area contributed by atoms with Gasteiger partial charge in [-0.15, -0.1) is 0 Å². The summed E-state index contributed by atoms with van der Waals surface area (Å²) in [5.74, 6) is 0.303. The van der Waals surface area contributed by atoms with Crippen molar-refractivity contribution in [2.45, 2.75) is 6.61 Å². The lowest BCUT2D eigenvalue weighted by atomic mass is 10.2. The molecule has 0 heterocycles. The molecule has 0 radical (unpaired) electrons. The predicted molar refractivity (Wildman–Crippen MR) is 86.4 cm³/mol. The number of esters is 1. The number of hydrogen-bond acceptors (Lipinski definition) is 6. The Morgan fingerprint density at radius 3 is 2.54 bits per heavy atom. The highest BCUT2D eigenvalue weighted by molar-refractivity contribution is 6.30. The molecule has 2 rings (SSSR count). The Kier molecular flexibility index (Phi) is 5.97. The van der Waals surface area contributed by atoms with Gasteiger partial charge in [-0.25, -0.2) is 4.79 Å². The number of hydrogen-bond donors (Lipinski definition) is 0. The number of nitrogens with zero attached hydrogens (tertiary/aromatic N) is 1. The molecule has 0 bridgehead atoms. The molecule has 0 saturated carbocycles. The van der Waals surface area contributed by atoms with Crippen LogP contribution in [0.3, 0.4) is 0 Å². The van der Waals surface area contributed by atoms with Crippen LogP contribution in [-0.4, -0.2) is 24.6 Å². The lowest BCUT2D eigenvalue weighted by Gasteiger charge is -2.10. The Labute approximate surface area is 142 Å². The number of carbonyl (C=O) groups excluding carboxylic acids is 1. The smallest absolute Gasteiger partial charge is 0.344 e. The third kappa shape index (κ3) is 4.85. The van der Waals surface area contributed by atoms with Crippen molar-refractivity contribution < 1.29 is 23.9 Å². The molecule has 0 aromatic heterocycles. The van der Waals surface area contributed by atoms with Crippen molar-refractivity contribution >= 4 is 23.3 Å². The molecule has 0 unspecified atom stereocenters. The number of nitro groups is 1. The zero-order valence-corrected chi connectivity index (χ0v) is 13.5. The molecule has 0 N–H and O–H groups in total. The summed E-state index contributed by atoms with van der Waals surface area (Å²) in [5.41, 5.74) is 0.576. The first kappa shape index (κ1) is 17.6. The van der Waals surface area contributed by atoms with Crippen molar-refractivity contribution in [1.29, 1.82) is 0 Å².